The molecule has 1 N–H and O–H groups in total. The van der Waals surface area contributed by atoms with Gasteiger partial charge in [0.15, 0.2) is 0 Å². The zero-order valence-corrected chi connectivity index (χ0v) is 9.59. The largest absolute Gasteiger partial charge is 0.379 e. The molecule has 0 saturated carbocycles. The summed E-state index contributed by atoms with van der Waals surface area (Å²) >= 11 is 0. The van der Waals surface area contributed by atoms with Crippen molar-refractivity contribution in [2.45, 2.75) is 39.2 Å². The first kappa shape index (κ1) is 10.3. The SMILES string of the molecule is Cc1ccc(NC2C=CCCC2)c(C)c1. The topological polar surface area (TPSA) is 12.0 Å². The fourth-order valence-electron chi connectivity index (χ4n) is 2.11. The van der Waals surface area contributed by atoms with Gasteiger partial charge >= 0.3 is 0 Å². The number of nitrogens with one attached hydrogen (secondary N) is 1. The quantitative estimate of drug-likeness (QED) is 0.717. The van der Waals surface area contributed by atoms with Gasteiger partial charge in [-0.25, -0.2) is 0 Å². The lowest BCUT2D eigenvalue weighted by Crippen LogP contribution is -2.19. The van der Waals surface area contributed by atoms with Crippen LogP contribution in [0.5, 0.6) is 0 Å². The molecule has 0 heterocycles. The Bertz CT molecular complexity index is 366. The molecular formula is C14H19N. The first-order valence-corrected chi connectivity index (χ1v) is 5.76. The van der Waals surface area contributed by atoms with Crippen molar-refractivity contribution in [1.29, 1.82) is 0 Å². The van der Waals surface area contributed by atoms with E-state index in [-0.39, 0.29) is 0 Å². The Balaban J connectivity index is 2.09. The van der Waals surface area contributed by atoms with Crippen LogP contribution in [0.2, 0.25) is 0 Å². The molecule has 0 amide bonds. The molecular weight excluding hydrogens is 182 g/mol. The predicted molar refractivity (Wildman–Crippen MR) is 66.3 cm³/mol. The standard InChI is InChI=1S/C14H19N/c1-11-8-9-14(12(2)10-11)15-13-6-4-3-5-7-13/h4,6,8-10,13,15H,3,5,7H2,1-2H3. The molecule has 0 aliphatic heterocycles. The van der Waals surface area contributed by atoms with Crippen LogP contribution in [-0.2, 0) is 0 Å². The minimum atomic E-state index is 0.528. The maximum absolute atomic E-state index is 3.59. The molecule has 0 spiro atoms. The highest BCUT2D eigenvalue weighted by Gasteiger charge is 2.08. The van der Waals surface area contributed by atoms with Crippen molar-refractivity contribution >= 4 is 5.69 Å². The maximum Gasteiger partial charge on any atom is 0.0444 e. The van der Waals surface area contributed by atoms with Gasteiger partial charge < -0.3 is 5.32 Å². The van der Waals surface area contributed by atoms with Crippen LogP contribution in [-0.4, -0.2) is 6.04 Å². The van der Waals surface area contributed by atoms with Crippen molar-refractivity contribution in [3.05, 3.63) is 41.5 Å². The zero-order chi connectivity index (χ0) is 10.7. The second kappa shape index (κ2) is 4.52. The van der Waals surface area contributed by atoms with Gasteiger partial charge in [-0.2, -0.15) is 0 Å². The van der Waals surface area contributed by atoms with E-state index in [0.717, 1.165) is 0 Å². The molecule has 1 nitrogen and oxygen atoms in total. The molecule has 1 aromatic rings. The summed E-state index contributed by atoms with van der Waals surface area (Å²) in [6.07, 6.45) is 8.38. The molecule has 1 aliphatic carbocycles. The lowest BCUT2D eigenvalue weighted by Gasteiger charge is -2.20. The van der Waals surface area contributed by atoms with Crippen molar-refractivity contribution in [2.24, 2.45) is 0 Å². The Morgan fingerprint density at radius 2 is 2.13 bits per heavy atom. The molecule has 0 bridgehead atoms. The van der Waals surface area contributed by atoms with Gasteiger partial charge in [0, 0.05) is 11.7 Å². The highest BCUT2D eigenvalue weighted by atomic mass is 14.9. The lowest BCUT2D eigenvalue weighted by molar-refractivity contribution is 0.673. The van der Waals surface area contributed by atoms with Gasteiger partial charge in [0.05, 0.1) is 0 Å². The summed E-state index contributed by atoms with van der Waals surface area (Å²) in [7, 11) is 0. The minimum Gasteiger partial charge on any atom is -0.379 e. The van der Waals surface area contributed by atoms with E-state index >= 15 is 0 Å². The summed E-state index contributed by atoms with van der Waals surface area (Å²) < 4.78 is 0. The Morgan fingerprint density at radius 3 is 2.80 bits per heavy atom. The molecule has 1 unspecified atom stereocenters. The second-order valence-electron chi connectivity index (χ2n) is 4.43. The molecule has 1 atom stereocenters. The summed E-state index contributed by atoms with van der Waals surface area (Å²) in [5.74, 6) is 0. The number of rotatable bonds is 2. The highest BCUT2D eigenvalue weighted by Crippen LogP contribution is 2.20. The Morgan fingerprint density at radius 1 is 1.27 bits per heavy atom. The molecule has 80 valence electrons. The van der Waals surface area contributed by atoms with Gasteiger partial charge in [-0.05, 0) is 44.7 Å². The third-order valence-electron chi connectivity index (χ3n) is 2.98. The number of hydrogen-bond donors (Lipinski definition) is 1. The van der Waals surface area contributed by atoms with Gasteiger partial charge in [0.2, 0.25) is 0 Å². The fourth-order valence-corrected chi connectivity index (χ4v) is 2.11. The van der Waals surface area contributed by atoms with Crippen LogP contribution in [0.3, 0.4) is 0 Å². The lowest BCUT2D eigenvalue weighted by atomic mass is 10.0. The van der Waals surface area contributed by atoms with E-state index in [4.69, 9.17) is 0 Å². The van der Waals surface area contributed by atoms with Crippen LogP contribution in [0.15, 0.2) is 30.4 Å². The van der Waals surface area contributed by atoms with Crippen LogP contribution < -0.4 is 5.32 Å². The van der Waals surface area contributed by atoms with Gasteiger partial charge in [0.25, 0.3) is 0 Å². The molecule has 1 heteroatoms. The van der Waals surface area contributed by atoms with Crippen LogP contribution in [0, 0.1) is 13.8 Å². The third kappa shape index (κ3) is 2.62. The van der Waals surface area contributed by atoms with E-state index in [0.29, 0.717) is 6.04 Å². The Labute approximate surface area is 92.2 Å². The fraction of sp³-hybridized carbons (Fsp3) is 0.429. The number of anilines is 1. The van der Waals surface area contributed by atoms with Crippen molar-refractivity contribution in [3.8, 4) is 0 Å². The van der Waals surface area contributed by atoms with Crippen molar-refractivity contribution in [1.82, 2.24) is 0 Å². The first-order valence-electron chi connectivity index (χ1n) is 5.76. The average molecular weight is 201 g/mol. The van der Waals surface area contributed by atoms with Gasteiger partial charge in [0.1, 0.15) is 0 Å². The Kier molecular flexibility index (Phi) is 3.10. The van der Waals surface area contributed by atoms with E-state index < -0.39 is 0 Å². The molecule has 0 saturated heterocycles. The van der Waals surface area contributed by atoms with E-state index in [1.807, 2.05) is 0 Å². The summed E-state index contributed by atoms with van der Waals surface area (Å²) in [4.78, 5) is 0. The molecule has 1 aliphatic rings. The van der Waals surface area contributed by atoms with Gasteiger partial charge in [-0.15, -0.1) is 0 Å². The van der Waals surface area contributed by atoms with Crippen LogP contribution in [0.25, 0.3) is 0 Å². The van der Waals surface area contributed by atoms with E-state index in [1.165, 1.54) is 36.1 Å². The number of benzene rings is 1. The van der Waals surface area contributed by atoms with E-state index in [2.05, 4.69) is 49.5 Å². The molecule has 0 aromatic heterocycles. The molecule has 0 radical (unpaired) electrons. The summed E-state index contributed by atoms with van der Waals surface area (Å²) in [5, 5.41) is 3.59. The average Bonchev–Trinajstić information content (AvgIpc) is 2.24. The van der Waals surface area contributed by atoms with Crippen LogP contribution in [0.4, 0.5) is 5.69 Å². The van der Waals surface area contributed by atoms with E-state index in [9.17, 15) is 0 Å². The monoisotopic (exact) mass is 201 g/mol. The summed E-state index contributed by atoms with van der Waals surface area (Å²) in [6.45, 7) is 4.30. The van der Waals surface area contributed by atoms with Crippen molar-refractivity contribution in [2.75, 3.05) is 5.32 Å². The van der Waals surface area contributed by atoms with Crippen LogP contribution in [0.1, 0.15) is 30.4 Å². The molecule has 0 fully saturated rings. The molecule has 2 rings (SSSR count). The third-order valence-corrected chi connectivity index (χ3v) is 2.98. The smallest absolute Gasteiger partial charge is 0.0444 e. The van der Waals surface area contributed by atoms with E-state index in [1.54, 1.807) is 0 Å². The highest BCUT2D eigenvalue weighted by molar-refractivity contribution is 5.53. The number of allylic oxidation sites excluding steroid dienone is 1. The van der Waals surface area contributed by atoms with Gasteiger partial charge in [-0.3, -0.25) is 0 Å². The zero-order valence-electron chi connectivity index (χ0n) is 9.59. The molecule has 1 aromatic carbocycles. The molecule has 15 heavy (non-hydrogen) atoms. The Hall–Kier alpha value is -1.24. The predicted octanol–water partition coefficient (Wildman–Crippen LogP) is 3.82. The number of hydrogen-bond acceptors (Lipinski definition) is 1. The number of aryl methyl sites for hydroxylation is 2. The minimum absolute atomic E-state index is 0.528. The second-order valence-corrected chi connectivity index (χ2v) is 4.43. The first-order chi connectivity index (χ1) is 7.25. The van der Waals surface area contributed by atoms with Gasteiger partial charge in [-0.1, -0.05) is 29.8 Å². The summed E-state index contributed by atoms with van der Waals surface area (Å²) in [6, 6.07) is 7.12. The van der Waals surface area contributed by atoms with Crippen molar-refractivity contribution < 1.29 is 0 Å². The maximum atomic E-state index is 3.59. The van der Waals surface area contributed by atoms with Crippen molar-refractivity contribution in [3.63, 3.8) is 0 Å². The van der Waals surface area contributed by atoms with Crippen LogP contribution >= 0.6 is 0 Å². The normalized spacial score (nSPS) is 20.3. The summed E-state index contributed by atoms with van der Waals surface area (Å²) in [5.41, 5.74) is 3.95.